The number of rotatable bonds is 6. The van der Waals surface area contributed by atoms with Crippen LogP contribution in [0.1, 0.15) is 53.1 Å². The smallest absolute Gasteiger partial charge is 0.340 e. The number of methoxy groups -OCH3 is 1. The third-order valence-corrected chi connectivity index (χ3v) is 6.00. The monoisotopic (exact) mass is 454 g/mol. The minimum atomic E-state index is -4.75. The number of halogens is 4. The quantitative estimate of drug-likeness (QED) is 0.478. The first-order valence-corrected chi connectivity index (χ1v) is 9.99. The van der Waals surface area contributed by atoms with Gasteiger partial charge in [-0.15, -0.1) is 0 Å². The number of ether oxygens (including phenoxy) is 1. The van der Waals surface area contributed by atoms with Crippen LogP contribution in [0.4, 0.5) is 17.6 Å². The van der Waals surface area contributed by atoms with Crippen LogP contribution in [0.2, 0.25) is 0 Å². The largest absolute Gasteiger partial charge is 0.496 e. The predicted molar refractivity (Wildman–Crippen MR) is 107 cm³/mol. The van der Waals surface area contributed by atoms with Crippen LogP contribution >= 0.6 is 0 Å². The first kappa shape index (κ1) is 23.6. The molecule has 0 saturated heterocycles. The molecule has 0 radical (unpaired) electrons. The maximum Gasteiger partial charge on any atom is 0.340 e. The maximum atomic E-state index is 15.7. The van der Waals surface area contributed by atoms with E-state index < -0.39 is 57.9 Å². The van der Waals surface area contributed by atoms with E-state index in [4.69, 9.17) is 4.74 Å². The van der Waals surface area contributed by atoms with Gasteiger partial charge in [0.1, 0.15) is 5.75 Å². The molecule has 0 heterocycles. The zero-order chi connectivity index (χ0) is 24.0. The Morgan fingerprint density at radius 1 is 1.03 bits per heavy atom. The average molecular weight is 454 g/mol. The molecule has 1 unspecified atom stereocenters. The van der Waals surface area contributed by atoms with E-state index in [0.29, 0.717) is 5.56 Å². The van der Waals surface area contributed by atoms with Gasteiger partial charge in [-0.1, -0.05) is 38.1 Å². The zero-order valence-corrected chi connectivity index (χ0v) is 17.6. The molecule has 9 heteroatoms. The van der Waals surface area contributed by atoms with E-state index in [-0.39, 0.29) is 24.2 Å². The van der Waals surface area contributed by atoms with Crippen molar-refractivity contribution in [3.63, 3.8) is 0 Å². The summed E-state index contributed by atoms with van der Waals surface area (Å²) in [6.45, 7) is 3.19. The molecule has 0 aliphatic heterocycles. The molecule has 2 aromatic rings. The van der Waals surface area contributed by atoms with Gasteiger partial charge in [0.05, 0.1) is 7.11 Å². The normalized spacial score (nSPS) is 18.4. The van der Waals surface area contributed by atoms with E-state index in [1.165, 1.54) is 19.1 Å². The fraction of sp³-hybridized carbons (Fsp3) is 0.391. The Kier molecular flexibility index (Phi) is 5.97. The lowest BCUT2D eigenvalue weighted by atomic mass is 9.76. The summed E-state index contributed by atoms with van der Waals surface area (Å²) in [7, 11) is 1.14. The second kappa shape index (κ2) is 8.11. The lowest BCUT2D eigenvalue weighted by molar-refractivity contribution is -0.223. The van der Waals surface area contributed by atoms with Crippen LogP contribution in [0.15, 0.2) is 30.3 Å². The van der Waals surface area contributed by atoms with E-state index in [2.05, 4.69) is 0 Å². The standard InChI is InChI=1S/C23H22F4O5/c1-4-11-10-15(32-3)17-16(18(20(28)29)21(30)31)13-8-6-7-9-14(13)22(24,25)23(26,27)19(17)12(11)5-2/h6-10,16,18H,4-5H2,1-3H3,(H,28,29)(H,30,31). The van der Waals surface area contributed by atoms with Gasteiger partial charge in [-0.25, -0.2) is 0 Å². The van der Waals surface area contributed by atoms with Crippen LogP contribution in [-0.2, 0) is 34.3 Å². The number of fused-ring (bicyclic) bond motifs is 2. The summed E-state index contributed by atoms with van der Waals surface area (Å²) < 4.78 is 67.6. The van der Waals surface area contributed by atoms with E-state index in [0.717, 1.165) is 25.3 Å². The third kappa shape index (κ3) is 3.22. The Balaban J connectivity index is 2.65. The summed E-state index contributed by atoms with van der Waals surface area (Å²) in [5, 5.41) is 19.4. The highest BCUT2D eigenvalue weighted by Crippen LogP contribution is 2.60. The summed E-state index contributed by atoms with van der Waals surface area (Å²) in [6.07, 6.45) is 0.183. The van der Waals surface area contributed by atoms with Crippen molar-refractivity contribution in [1.82, 2.24) is 0 Å². The second-order valence-electron chi connectivity index (χ2n) is 7.58. The first-order valence-electron chi connectivity index (χ1n) is 9.99. The molecule has 0 fully saturated rings. The van der Waals surface area contributed by atoms with E-state index in [1.807, 2.05) is 0 Å². The number of hydrogen-bond donors (Lipinski definition) is 2. The van der Waals surface area contributed by atoms with Crippen molar-refractivity contribution in [3.05, 3.63) is 63.7 Å². The third-order valence-electron chi connectivity index (χ3n) is 6.00. The summed E-state index contributed by atoms with van der Waals surface area (Å²) in [6, 6.07) is 5.65. The summed E-state index contributed by atoms with van der Waals surface area (Å²) >= 11 is 0. The summed E-state index contributed by atoms with van der Waals surface area (Å²) in [4.78, 5) is 24.0. The van der Waals surface area contributed by atoms with Gasteiger partial charge in [-0.2, -0.15) is 17.6 Å². The molecule has 1 aliphatic carbocycles. The van der Waals surface area contributed by atoms with E-state index in [1.54, 1.807) is 6.92 Å². The zero-order valence-electron chi connectivity index (χ0n) is 17.6. The van der Waals surface area contributed by atoms with Crippen molar-refractivity contribution in [3.8, 4) is 5.75 Å². The highest BCUT2D eigenvalue weighted by molar-refractivity contribution is 5.95. The fourth-order valence-electron chi connectivity index (χ4n) is 4.60. The van der Waals surface area contributed by atoms with Gasteiger partial charge in [-0.05, 0) is 35.6 Å². The fourth-order valence-corrected chi connectivity index (χ4v) is 4.60. The predicted octanol–water partition coefficient (Wildman–Crippen LogP) is 4.93. The summed E-state index contributed by atoms with van der Waals surface area (Å²) in [5.74, 6) is -17.5. The Morgan fingerprint density at radius 3 is 2.12 bits per heavy atom. The Hall–Kier alpha value is -3.10. The van der Waals surface area contributed by atoms with Crippen LogP contribution in [0.5, 0.6) is 5.75 Å². The van der Waals surface area contributed by atoms with Crippen LogP contribution < -0.4 is 4.74 Å². The van der Waals surface area contributed by atoms with Crippen molar-refractivity contribution in [2.24, 2.45) is 5.92 Å². The molecule has 1 aliphatic rings. The number of carboxylic acid groups (broad SMARTS) is 2. The number of aryl methyl sites for hydroxylation is 1. The molecule has 1 atom stereocenters. The summed E-state index contributed by atoms with van der Waals surface area (Å²) in [5.41, 5.74) is -2.93. The van der Waals surface area contributed by atoms with E-state index in [9.17, 15) is 19.8 Å². The lowest BCUT2D eigenvalue weighted by Crippen LogP contribution is -2.36. The Bertz CT molecular complexity index is 1070. The minimum absolute atomic E-state index is 0.0466. The van der Waals surface area contributed by atoms with Crippen LogP contribution in [0, 0.1) is 5.92 Å². The highest BCUT2D eigenvalue weighted by Gasteiger charge is 2.64. The molecule has 5 nitrogen and oxygen atoms in total. The molecule has 2 N–H and O–H groups in total. The number of hydrogen-bond acceptors (Lipinski definition) is 3. The van der Waals surface area contributed by atoms with Crippen LogP contribution in [-0.4, -0.2) is 29.3 Å². The number of carbonyl (C=O) groups is 2. The van der Waals surface area contributed by atoms with Crippen molar-refractivity contribution in [1.29, 1.82) is 0 Å². The molecular formula is C23H22F4O5. The number of alkyl halides is 4. The van der Waals surface area contributed by atoms with Gasteiger partial charge < -0.3 is 14.9 Å². The Morgan fingerprint density at radius 2 is 1.62 bits per heavy atom. The molecule has 2 aromatic carbocycles. The molecule has 0 aromatic heterocycles. The molecule has 172 valence electrons. The molecule has 0 saturated carbocycles. The van der Waals surface area contributed by atoms with E-state index >= 15 is 17.6 Å². The molecule has 32 heavy (non-hydrogen) atoms. The number of benzene rings is 2. The lowest BCUT2D eigenvalue weighted by Gasteiger charge is -2.31. The van der Waals surface area contributed by atoms with Crippen LogP contribution in [0.3, 0.4) is 0 Å². The van der Waals surface area contributed by atoms with Crippen molar-refractivity contribution in [2.45, 2.75) is 44.5 Å². The van der Waals surface area contributed by atoms with Crippen molar-refractivity contribution >= 4 is 11.9 Å². The molecular weight excluding hydrogens is 432 g/mol. The van der Waals surface area contributed by atoms with Gasteiger partial charge in [0.2, 0.25) is 0 Å². The van der Waals surface area contributed by atoms with Gasteiger partial charge in [-0.3, -0.25) is 9.59 Å². The van der Waals surface area contributed by atoms with Gasteiger partial charge >= 0.3 is 23.8 Å². The molecule has 0 bridgehead atoms. The maximum absolute atomic E-state index is 15.7. The SMILES string of the molecule is CCc1cc(OC)c2c(c1CC)C(F)(F)C(F)(F)c1ccccc1C2C(C(=O)O)C(=O)O. The second-order valence-corrected chi connectivity index (χ2v) is 7.58. The van der Waals surface area contributed by atoms with Gasteiger partial charge in [0.15, 0.2) is 5.92 Å². The topological polar surface area (TPSA) is 83.8 Å². The van der Waals surface area contributed by atoms with Crippen molar-refractivity contribution in [2.75, 3.05) is 7.11 Å². The molecule has 0 spiro atoms. The molecule has 3 rings (SSSR count). The average Bonchev–Trinajstić information content (AvgIpc) is 2.79. The van der Waals surface area contributed by atoms with Crippen molar-refractivity contribution < 1.29 is 42.1 Å². The van der Waals surface area contributed by atoms with Gasteiger partial charge in [0, 0.05) is 22.6 Å². The van der Waals surface area contributed by atoms with Gasteiger partial charge in [0.25, 0.3) is 0 Å². The number of carboxylic acids is 2. The highest BCUT2D eigenvalue weighted by atomic mass is 19.3. The number of aliphatic carboxylic acids is 2. The first-order chi connectivity index (χ1) is 14.9. The minimum Gasteiger partial charge on any atom is -0.496 e. The van der Waals surface area contributed by atoms with Crippen LogP contribution in [0.25, 0.3) is 0 Å². The Labute approximate surface area is 181 Å². The molecule has 0 amide bonds.